The molecule has 29 heavy (non-hydrogen) atoms. The summed E-state index contributed by atoms with van der Waals surface area (Å²) in [5.41, 5.74) is 0.979. The van der Waals surface area contributed by atoms with Crippen molar-refractivity contribution in [1.82, 2.24) is 20.5 Å². The van der Waals surface area contributed by atoms with Crippen LogP contribution >= 0.6 is 24.0 Å². The topological polar surface area (TPSA) is 61.8 Å². The Bertz CT molecular complexity index is 650. The van der Waals surface area contributed by atoms with Crippen LogP contribution in [0, 0.1) is 0 Å². The fourth-order valence-electron chi connectivity index (χ4n) is 3.68. The van der Waals surface area contributed by atoms with Crippen LogP contribution in [0.5, 0.6) is 5.88 Å². The molecule has 6 nitrogen and oxygen atoms in total. The fourth-order valence-corrected chi connectivity index (χ4v) is 3.68. The van der Waals surface area contributed by atoms with E-state index in [2.05, 4.69) is 20.6 Å². The molecule has 2 fully saturated rings. The molecule has 1 saturated heterocycles. The summed E-state index contributed by atoms with van der Waals surface area (Å²) in [6.07, 6.45) is 3.17. The molecule has 2 heterocycles. The van der Waals surface area contributed by atoms with Gasteiger partial charge in [-0.05, 0) is 37.7 Å². The number of nitrogens with zero attached hydrogens (tertiary/aromatic N) is 3. The van der Waals surface area contributed by atoms with Gasteiger partial charge in [-0.1, -0.05) is 6.07 Å². The van der Waals surface area contributed by atoms with Gasteiger partial charge in [-0.25, -0.2) is 4.98 Å². The van der Waals surface area contributed by atoms with Crippen molar-refractivity contribution in [3.63, 3.8) is 0 Å². The molecule has 1 aromatic rings. The van der Waals surface area contributed by atoms with Crippen LogP contribution in [0.25, 0.3) is 0 Å². The highest BCUT2D eigenvalue weighted by Gasteiger charge is 2.34. The predicted octanol–water partition coefficient (Wildman–Crippen LogP) is 3.32. The van der Waals surface area contributed by atoms with Crippen LogP contribution in [0.1, 0.15) is 37.7 Å². The van der Waals surface area contributed by atoms with Crippen LogP contribution in [-0.2, 0) is 6.54 Å². The molecule has 2 aliphatic rings. The molecule has 3 rings (SSSR count). The molecule has 0 radical (unpaired) electrons. The Kier molecular flexibility index (Phi) is 9.25. The first-order valence-electron chi connectivity index (χ1n) is 9.79. The van der Waals surface area contributed by atoms with Crippen LogP contribution in [0.2, 0.25) is 0 Å². The Morgan fingerprint density at radius 3 is 2.66 bits per heavy atom. The van der Waals surface area contributed by atoms with Crippen LogP contribution in [0.3, 0.4) is 0 Å². The summed E-state index contributed by atoms with van der Waals surface area (Å²) in [6.45, 7) is 0.447. The van der Waals surface area contributed by atoms with Crippen molar-refractivity contribution in [2.24, 2.45) is 4.99 Å². The third-order valence-electron chi connectivity index (χ3n) is 5.09. The number of hydrogen-bond donors (Lipinski definition) is 2. The zero-order chi connectivity index (χ0) is 20.0. The second kappa shape index (κ2) is 11.2. The Hall–Kier alpha value is -1.30. The lowest BCUT2D eigenvalue weighted by molar-refractivity contribution is -0.143. The summed E-state index contributed by atoms with van der Waals surface area (Å²) < 4.78 is 43.4. The maximum Gasteiger partial charge on any atom is 0.401 e. The summed E-state index contributed by atoms with van der Waals surface area (Å²) in [5.74, 6) is 1.22. The van der Waals surface area contributed by atoms with Gasteiger partial charge >= 0.3 is 6.18 Å². The van der Waals surface area contributed by atoms with Gasteiger partial charge in [0.25, 0.3) is 0 Å². The molecule has 0 spiro atoms. The second-order valence-corrected chi connectivity index (χ2v) is 7.43. The van der Waals surface area contributed by atoms with E-state index in [-0.39, 0.29) is 36.1 Å². The van der Waals surface area contributed by atoms with Gasteiger partial charge in [-0.15, -0.1) is 24.0 Å². The van der Waals surface area contributed by atoms with Gasteiger partial charge in [0, 0.05) is 45.0 Å². The highest BCUT2D eigenvalue weighted by atomic mass is 127. The number of nitrogens with one attached hydrogen (secondary N) is 2. The minimum atomic E-state index is -4.16. The lowest BCUT2D eigenvalue weighted by atomic mass is 10.2. The number of guanidine groups is 1. The third kappa shape index (κ3) is 8.15. The Labute approximate surface area is 186 Å². The van der Waals surface area contributed by atoms with E-state index in [0.29, 0.717) is 37.9 Å². The van der Waals surface area contributed by atoms with Gasteiger partial charge in [-0.3, -0.25) is 9.89 Å². The number of pyridine rings is 1. The quantitative estimate of drug-likeness (QED) is 0.338. The maximum atomic E-state index is 12.5. The summed E-state index contributed by atoms with van der Waals surface area (Å²) in [4.78, 5) is 9.93. The molecular formula is C19H29F3IN5O. The molecule has 1 unspecified atom stereocenters. The van der Waals surface area contributed by atoms with Crippen LogP contribution in [-0.4, -0.2) is 60.8 Å². The molecule has 0 bridgehead atoms. The average Bonchev–Trinajstić information content (AvgIpc) is 3.30. The second-order valence-electron chi connectivity index (χ2n) is 7.43. The molecule has 0 aromatic carbocycles. The van der Waals surface area contributed by atoms with Crippen LogP contribution < -0.4 is 15.4 Å². The first-order valence-corrected chi connectivity index (χ1v) is 9.79. The zero-order valence-corrected chi connectivity index (χ0v) is 18.9. The van der Waals surface area contributed by atoms with Crippen molar-refractivity contribution in [1.29, 1.82) is 0 Å². The number of aliphatic imine (C=N–C) groups is 1. The van der Waals surface area contributed by atoms with Gasteiger partial charge in [0.15, 0.2) is 5.96 Å². The number of hydrogen-bond acceptors (Lipinski definition) is 4. The van der Waals surface area contributed by atoms with Crippen molar-refractivity contribution in [2.75, 3.05) is 26.7 Å². The van der Waals surface area contributed by atoms with Gasteiger partial charge in [0.1, 0.15) is 6.10 Å². The van der Waals surface area contributed by atoms with Gasteiger partial charge in [0.05, 0.1) is 6.54 Å². The summed E-state index contributed by atoms with van der Waals surface area (Å²) in [6, 6.07) is 3.78. The number of halogens is 4. The molecule has 2 N–H and O–H groups in total. The van der Waals surface area contributed by atoms with E-state index >= 15 is 0 Å². The third-order valence-corrected chi connectivity index (χ3v) is 5.09. The van der Waals surface area contributed by atoms with Crippen molar-refractivity contribution in [2.45, 2.75) is 57.0 Å². The highest BCUT2D eigenvalue weighted by molar-refractivity contribution is 14.0. The SMILES string of the molecule is CN=C(NCc1ccc(OC2CCCC2)nc1)NC1CCN(CC(F)(F)F)C1.I. The van der Waals surface area contributed by atoms with E-state index in [9.17, 15) is 13.2 Å². The normalized spacial score (nSPS) is 21.1. The molecule has 0 amide bonds. The van der Waals surface area contributed by atoms with E-state index in [1.807, 2.05) is 12.1 Å². The molecular weight excluding hydrogens is 498 g/mol. The Balaban J connectivity index is 0.00000300. The summed E-state index contributed by atoms with van der Waals surface area (Å²) >= 11 is 0. The molecule has 1 aliphatic carbocycles. The van der Waals surface area contributed by atoms with E-state index in [4.69, 9.17) is 4.74 Å². The first kappa shape index (κ1) is 24.0. The smallest absolute Gasteiger partial charge is 0.401 e. The number of likely N-dealkylation sites (tertiary alicyclic amines) is 1. The largest absolute Gasteiger partial charge is 0.474 e. The van der Waals surface area contributed by atoms with E-state index in [1.54, 1.807) is 13.2 Å². The maximum absolute atomic E-state index is 12.5. The van der Waals surface area contributed by atoms with Gasteiger partial charge in [0.2, 0.25) is 5.88 Å². The van der Waals surface area contributed by atoms with Crippen molar-refractivity contribution < 1.29 is 17.9 Å². The van der Waals surface area contributed by atoms with E-state index in [0.717, 1.165) is 18.4 Å². The van der Waals surface area contributed by atoms with Crippen LogP contribution in [0.15, 0.2) is 23.3 Å². The Morgan fingerprint density at radius 1 is 1.28 bits per heavy atom. The number of aromatic nitrogens is 1. The number of alkyl halides is 3. The summed E-state index contributed by atoms with van der Waals surface area (Å²) in [7, 11) is 1.65. The van der Waals surface area contributed by atoms with E-state index in [1.165, 1.54) is 17.7 Å². The molecule has 164 valence electrons. The summed E-state index contributed by atoms with van der Waals surface area (Å²) in [5, 5.41) is 6.38. The lowest BCUT2D eigenvalue weighted by Crippen LogP contribution is -2.44. The lowest BCUT2D eigenvalue weighted by Gasteiger charge is -2.20. The molecule has 10 heteroatoms. The number of ether oxygens (including phenoxy) is 1. The van der Waals surface area contributed by atoms with Gasteiger partial charge in [-0.2, -0.15) is 13.2 Å². The molecule has 1 atom stereocenters. The van der Waals surface area contributed by atoms with Crippen molar-refractivity contribution in [3.8, 4) is 5.88 Å². The molecule has 1 aromatic heterocycles. The average molecular weight is 527 g/mol. The highest BCUT2D eigenvalue weighted by Crippen LogP contribution is 2.23. The van der Waals surface area contributed by atoms with E-state index < -0.39 is 12.7 Å². The standard InChI is InChI=1S/C19H28F3N5O.HI/c1-23-18(26-15-8-9-27(12-15)13-19(20,21)22)25-11-14-6-7-17(24-10-14)28-16-4-2-3-5-16;/h6-7,10,15-16H,2-5,8-9,11-13H2,1H3,(H2,23,25,26);1H. The van der Waals surface area contributed by atoms with Crippen molar-refractivity contribution in [3.05, 3.63) is 23.9 Å². The van der Waals surface area contributed by atoms with Crippen molar-refractivity contribution >= 4 is 29.9 Å². The Morgan fingerprint density at radius 2 is 2.03 bits per heavy atom. The molecule has 1 aliphatic heterocycles. The first-order chi connectivity index (χ1) is 13.4. The fraction of sp³-hybridized carbons (Fsp3) is 0.684. The minimum absolute atomic E-state index is 0. The molecule has 1 saturated carbocycles. The predicted molar refractivity (Wildman–Crippen MR) is 117 cm³/mol. The van der Waals surface area contributed by atoms with Crippen LogP contribution in [0.4, 0.5) is 13.2 Å². The number of rotatable bonds is 6. The zero-order valence-electron chi connectivity index (χ0n) is 16.5. The van der Waals surface area contributed by atoms with Gasteiger partial charge < -0.3 is 15.4 Å². The minimum Gasteiger partial charge on any atom is -0.474 e. The monoisotopic (exact) mass is 527 g/mol.